The van der Waals surface area contributed by atoms with Gasteiger partial charge in [0.1, 0.15) is 17.0 Å². The first-order chi connectivity index (χ1) is 13.8. The van der Waals surface area contributed by atoms with Gasteiger partial charge in [0.05, 0.1) is 11.7 Å². The number of benzene rings is 1. The standard InChI is InChI=1S/C19H15BrF2N4O3/c1-9-8-23-18(28)14-6-10-2-4-13(24-16(10)26(9)14)17(27)25-12-5-3-11(20)7-15(12)29-19(21)22/h2-7,9,19H,8H2,1H3,(H,23,28)(H,25,27)/t9-/m1/s1. The van der Waals surface area contributed by atoms with Gasteiger partial charge in [-0.15, -0.1) is 0 Å². The zero-order chi connectivity index (χ0) is 20.7. The Kier molecular flexibility index (Phi) is 4.95. The summed E-state index contributed by atoms with van der Waals surface area (Å²) in [7, 11) is 0. The van der Waals surface area contributed by atoms with Crippen LogP contribution in [0.5, 0.6) is 5.75 Å². The number of ether oxygens (including phenoxy) is 1. The molecule has 3 aromatic rings. The van der Waals surface area contributed by atoms with Crippen LogP contribution in [0.1, 0.15) is 33.9 Å². The molecule has 0 unspecified atom stereocenters. The van der Waals surface area contributed by atoms with Crippen molar-refractivity contribution in [3.05, 3.63) is 52.3 Å². The summed E-state index contributed by atoms with van der Waals surface area (Å²) in [5.74, 6) is -0.957. The molecule has 0 radical (unpaired) electrons. The number of fused-ring (bicyclic) bond motifs is 3. The molecule has 2 N–H and O–H groups in total. The first kappa shape index (κ1) is 19.3. The smallest absolute Gasteiger partial charge is 0.387 e. The first-order valence-electron chi connectivity index (χ1n) is 8.69. The van der Waals surface area contributed by atoms with E-state index in [2.05, 4.69) is 36.3 Å². The Labute approximate surface area is 172 Å². The first-order valence-corrected chi connectivity index (χ1v) is 9.48. The van der Waals surface area contributed by atoms with Crippen LogP contribution in [0.4, 0.5) is 14.5 Å². The molecular formula is C19H15BrF2N4O3. The molecule has 0 aliphatic carbocycles. The van der Waals surface area contributed by atoms with Crippen molar-refractivity contribution in [3.63, 3.8) is 0 Å². The van der Waals surface area contributed by atoms with Crippen LogP contribution in [0.2, 0.25) is 0 Å². The number of halogens is 3. The fourth-order valence-electron chi connectivity index (χ4n) is 3.24. The van der Waals surface area contributed by atoms with Gasteiger partial charge in [-0.25, -0.2) is 4.98 Å². The topological polar surface area (TPSA) is 85.2 Å². The van der Waals surface area contributed by atoms with Gasteiger partial charge in [0.2, 0.25) is 0 Å². The monoisotopic (exact) mass is 464 g/mol. The second-order valence-electron chi connectivity index (χ2n) is 6.54. The maximum absolute atomic E-state index is 12.7. The Morgan fingerprint density at radius 1 is 1.34 bits per heavy atom. The van der Waals surface area contributed by atoms with Crippen molar-refractivity contribution < 1.29 is 23.1 Å². The van der Waals surface area contributed by atoms with Crippen LogP contribution in [-0.4, -0.2) is 34.5 Å². The van der Waals surface area contributed by atoms with Gasteiger partial charge in [0.15, 0.2) is 5.75 Å². The summed E-state index contributed by atoms with van der Waals surface area (Å²) in [5.41, 5.74) is 1.16. The van der Waals surface area contributed by atoms with Crippen molar-refractivity contribution in [1.82, 2.24) is 14.9 Å². The second kappa shape index (κ2) is 7.43. The fourth-order valence-corrected chi connectivity index (χ4v) is 3.58. The lowest BCUT2D eigenvalue weighted by Gasteiger charge is -2.23. The SMILES string of the molecule is C[C@@H]1CNC(=O)c2cc3ccc(C(=O)Nc4ccc(Br)cc4OC(F)F)nc3n21. The molecule has 3 heterocycles. The molecule has 0 fully saturated rings. The van der Waals surface area contributed by atoms with E-state index >= 15 is 0 Å². The normalized spacial score (nSPS) is 15.9. The number of aromatic nitrogens is 2. The van der Waals surface area contributed by atoms with E-state index in [9.17, 15) is 18.4 Å². The molecule has 2 aromatic heterocycles. The Morgan fingerprint density at radius 3 is 2.90 bits per heavy atom. The van der Waals surface area contributed by atoms with Gasteiger partial charge >= 0.3 is 6.61 Å². The van der Waals surface area contributed by atoms with Gasteiger partial charge in [-0.2, -0.15) is 8.78 Å². The molecule has 1 atom stereocenters. The van der Waals surface area contributed by atoms with E-state index in [1.54, 1.807) is 22.8 Å². The molecule has 2 amide bonds. The maximum atomic E-state index is 12.7. The highest BCUT2D eigenvalue weighted by molar-refractivity contribution is 9.10. The number of amides is 2. The number of rotatable bonds is 4. The Balaban J connectivity index is 1.68. The third kappa shape index (κ3) is 3.67. The van der Waals surface area contributed by atoms with Crippen LogP contribution < -0.4 is 15.4 Å². The van der Waals surface area contributed by atoms with E-state index in [4.69, 9.17) is 0 Å². The zero-order valence-corrected chi connectivity index (χ0v) is 16.7. The van der Waals surface area contributed by atoms with Crippen molar-refractivity contribution in [2.24, 2.45) is 0 Å². The van der Waals surface area contributed by atoms with Crippen molar-refractivity contribution in [2.75, 3.05) is 11.9 Å². The summed E-state index contributed by atoms with van der Waals surface area (Å²) >= 11 is 3.18. The van der Waals surface area contributed by atoms with Gasteiger partial charge in [0, 0.05) is 16.4 Å². The van der Waals surface area contributed by atoms with Gasteiger partial charge in [-0.3, -0.25) is 9.59 Å². The van der Waals surface area contributed by atoms with Gasteiger partial charge < -0.3 is 19.9 Å². The van der Waals surface area contributed by atoms with E-state index < -0.39 is 12.5 Å². The van der Waals surface area contributed by atoms with Gasteiger partial charge in [-0.05, 0) is 43.3 Å². The molecular weight excluding hydrogens is 450 g/mol. The van der Waals surface area contributed by atoms with Crippen molar-refractivity contribution in [3.8, 4) is 5.75 Å². The summed E-state index contributed by atoms with van der Waals surface area (Å²) in [6.07, 6.45) is 0. The van der Waals surface area contributed by atoms with Gasteiger partial charge in [-0.1, -0.05) is 15.9 Å². The summed E-state index contributed by atoms with van der Waals surface area (Å²) in [6.45, 7) is -0.637. The highest BCUT2D eigenvalue weighted by Crippen LogP contribution is 2.30. The van der Waals surface area contributed by atoms with Crippen LogP contribution in [0, 0.1) is 0 Å². The number of alkyl halides is 2. The van der Waals surface area contributed by atoms with Crippen LogP contribution in [-0.2, 0) is 0 Å². The molecule has 1 aromatic carbocycles. The molecule has 10 heteroatoms. The summed E-state index contributed by atoms with van der Waals surface area (Å²) < 4.78 is 32.1. The molecule has 7 nitrogen and oxygen atoms in total. The molecule has 1 aliphatic rings. The number of carbonyl (C=O) groups excluding carboxylic acids is 2. The zero-order valence-electron chi connectivity index (χ0n) is 15.1. The largest absolute Gasteiger partial charge is 0.433 e. The lowest BCUT2D eigenvalue weighted by Crippen LogP contribution is -2.37. The Bertz CT molecular complexity index is 1130. The number of hydrogen-bond donors (Lipinski definition) is 2. The van der Waals surface area contributed by atoms with Crippen molar-refractivity contribution in [1.29, 1.82) is 0 Å². The van der Waals surface area contributed by atoms with Gasteiger partial charge in [0.25, 0.3) is 11.8 Å². The van der Waals surface area contributed by atoms with Crippen LogP contribution in [0.15, 0.2) is 40.9 Å². The quantitative estimate of drug-likeness (QED) is 0.611. The predicted octanol–water partition coefficient (Wildman–Crippen LogP) is 3.96. The third-order valence-corrected chi connectivity index (χ3v) is 5.05. The average molecular weight is 465 g/mol. The Hall–Kier alpha value is -3.01. The van der Waals surface area contributed by atoms with E-state index in [1.165, 1.54) is 18.2 Å². The average Bonchev–Trinajstić information content (AvgIpc) is 3.06. The van der Waals surface area contributed by atoms with Crippen molar-refractivity contribution in [2.45, 2.75) is 19.6 Å². The number of hydrogen-bond acceptors (Lipinski definition) is 4. The highest BCUT2D eigenvalue weighted by atomic mass is 79.9. The minimum absolute atomic E-state index is 0.0245. The van der Waals surface area contributed by atoms with Crippen molar-refractivity contribution >= 4 is 44.5 Å². The summed E-state index contributed by atoms with van der Waals surface area (Å²) in [5, 5.41) is 6.07. The maximum Gasteiger partial charge on any atom is 0.387 e. The van der Waals surface area contributed by atoms with Crippen LogP contribution >= 0.6 is 15.9 Å². The second-order valence-corrected chi connectivity index (χ2v) is 7.46. The summed E-state index contributed by atoms with van der Waals surface area (Å²) in [4.78, 5) is 29.2. The molecule has 0 saturated heterocycles. The lowest BCUT2D eigenvalue weighted by atomic mass is 10.2. The molecule has 0 saturated carbocycles. The van der Waals surface area contributed by atoms with E-state index in [-0.39, 0.29) is 29.1 Å². The third-order valence-electron chi connectivity index (χ3n) is 4.56. The van der Waals surface area contributed by atoms with E-state index in [0.29, 0.717) is 22.4 Å². The lowest BCUT2D eigenvalue weighted by molar-refractivity contribution is -0.0494. The number of nitrogens with zero attached hydrogens (tertiary/aromatic N) is 2. The molecule has 4 rings (SSSR count). The van der Waals surface area contributed by atoms with E-state index in [0.717, 1.165) is 5.39 Å². The minimum Gasteiger partial charge on any atom is -0.433 e. The van der Waals surface area contributed by atoms with E-state index in [1.807, 2.05) is 6.92 Å². The van der Waals surface area contributed by atoms with Crippen LogP contribution in [0.25, 0.3) is 11.0 Å². The number of pyridine rings is 1. The minimum atomic E-state index is -3.03. The predicted molar refractivity (Wildman–Crippen MR) is 106 cm³/mol. The van der Waals surface area contributed by atoms with Crippen LogP contribution in [0.3, 0.4) is 0 Å². The number of carbonyl (C=O) groups is 2. The molecule has 150 valence electrons. The Morgan fingerprint density at radius 2 is 2.14 bits per heavy atom. The molecule has 0 spiro atoms. The highest BCUT2D eigenvalue weighted by Gasteiger charge is 2.25. The summed E-state index contributed by atoms with van der Waals surface area (Å²) in [6, 6.07) is 9.28. The number of anilines is 1. The molecule has 29 heavy (non-hydrogen) atoms. The fraction of sp³-hybridized carbons (Fsp3) is 0.211. The number of nitrogens with one attached hydrogen (secondary N) is 2. The molecule has 0 bridgehead atoms. The molecule has 1 aliphatic heterocycles.